The van der Waals surface area contributed by atoms with E-state index in [1.807, 2.05) is 42.5 Å². The second-order valence-corrected chi connectivity index (χ2v) is 16.2. The molecular weight excluding hydrogens is 512 g/mol. The third kappa shape index (κ3) is 8.17. The molecule has 1 heterocycles. The molecule has 212 valence electrons. The van der Waals surface area contributed by atoms with E-state index >= 15 is 0 Å². The van der Waals surface area contributed by atoms with Crippen molar-refractivity contribution >= 4 is 25.3 Å². The fourth-order valence-electron chi connectivity index (χ4n) is 4.17. The predicted octanol–water partition coefficient (Wildman–Crippen LogP) is 6.31. The lowest BCUT2D eigenvalue weighted by Gasteiger charge is -2.40. The van der Waals surface area contributed by atoms with Crippen molar-refractivity contribution in [2.45, 2.75) is 70.9 Å². The molecule has 9 heteroatoms. The molecule has 0 saturated heterocycles. The van der Waals surface area contributed by atoms with Gasteiger partial charge in [-0.1, -0.05) is 57.2 Å². The van der Waals surface area contributed by atoms with Gasteiger partial charge in [-0.25, -0.2) is 4.79 Å². The first-order valence-corrected chi connectivity index (χ1v) is 16.4. The SMILES string of the molecule is CC(C)(C)[Si](C)(C)OC(CN(CCCCCO)C(=O)O)c1ccc(OCc2ccccc2)c2[nH]c(=O)ccc12. The second-order valence-electron chi connectivity index (χ2n) is 11.4. The zero-order valence-electron chi connectivity index (χ0n) is 23.7. The van der Waals surface area contributed by atoms with Crippen LogP contribution in [0.25, 0.3) is 10.9 Å². The normalized spacial score (nSPS) is 12.9. The summed E-state index contributed by atoms with van der Waals surface area (Å²) in [6.07, 6.45) is 0.477. The zero-order chi connectivity index (χ0) is 28.6. The number of aromatic amines is 1. The number of nitrogens with one attached hydrogen (secondary N) is 1. The van der Waals surface area contributed by atoms with Gasteiger partial charge in [-0.15, -0.1) is 0 Å². The molecule has 0 saturated carbocycles. The topological polar surface area (TPSA) is 112 Å². The van der Waals surface area contributed by atoms with Crippen LogP contribution in [0.4, 0.5) is 4.79 Å². The van der Waals surface area contributed by atoms with Crippen molar-refractivity contribution in [3.05, 3.63) is 76.1 Å². The molecule has 0 aliphatic heterocycles. The molecule has 0 aliphatic carbocycles. The number of aliphatic hydroxyl groups excluding tert-OH is 1. The smallest absolute Gasteiger partial charge is 0.407 e. The molecule has 3 N–H and O–H groups in total. The van der Waals surface area contributed by atoms with Crippen LogP contribution in [0.3, 0.4) is 0 Å². The zero-order valence-corrected chi connectivity index (χ0v) is 24.7. The van der Waals surface area contributed by atoms with Gasteiger partial charge in [0, 0.05) is 24.6 Å². The molecule has 1 amide bonds. The summed E-state index contributed by atoms with van der Waals surface area (Å²) in [5.41, 5.74) is 2.12. The fourth-order valence-corrected chi connectivity index (χ4v) is 5.44. The highest BCUT2D eigenvalue weighted by molar-refractivity contribution is 6.74. The Kier molecular flexibility index (Phi) is 10.3. The summed E-state index contributed by atoms with van der Waals surface area (Å²) >= 11 is 0. The molecule has 1 unspecified atom stereocenters. The Morgan fingerprint density at radius 2 is 1.74 bits per heavy atom. The molecule has 8 nitrogen and oxygen atoms in total. The lowest BCUT2D eigenvalue weighted by atomic mass is 10.0. The summed E-state index contributed by atoms with van der Waals surface area (Å²) in [4.78, 5) is 28.9. The minimum atomic E-state index is -2.32. The molecule has 39 heavy (non-hydrogen) atoms. The average Bonchev–Trinajstić information content (AvgIpc) is 2.88. The minimum Gasteiger partial charge on any atom is -0.487 e. The highest BCUT2D eigenvalue weighted by Crippen LogP contribution is 2.41. The van der Waals surface area contributed by atoms with Crippen molar-refractivity contribution in [1.29, 1.82) is 0 Å². The van der Waals surface area contributed by atoms with E-state index in [2.05, 4.69) is 38.8 Å². The number of hydrogen-bond acceptors (Lipinski definition) is 5. The first-order valence-electron chi connectivity index (χ1n) is 13.5. The van der Waals surface area contributed by atoms with E-state index in [-0.39, 0.29) is 23.7 Å². The summed E-state index contributed by atoms with van der Waals surface area (Å²) in [6.45, 7) is 11.7. The molecule has 1 aromatic heterocycles. The molecular formula is C30H42N2O6Si. The van der Waals surface area contributed by atoms with Crippen molar-refractivity contribution in [3.63, 3.8) is 0 Å². The summed E-state index contributed by atoms with van der Waals surface area (Å²) in [6, 6.07) is 16.8. The third-order valence-electron chi connectivity index (χ3n) is 7.46. The average molecular weight is 555 g/mol. The lowest BCUT2D eigenvalue weighted by Crippen LogP contribution is -2.45. The van der Waals surface area contributed by atoms with Crippen molar-refractivity contribution in [1.82, 2.24) is 9.88 Å². The van der Waals surface area contributed by atoms with E-state index in [0.717, 1.165) is 22.9 Å². The standard InChI is InChI=1S/C30H42N2O6Si/c1-30(2,3)39(4,5)38-26(20-32(29(35)36)18-10-7-11-19-33)23-14-16-25(28-24(23)15-17-27(34)31-28)37-21-22-12-8-6-9-13-22/h6,8-9,12-17,26,33H,7,10-11,18-21H2,1-5H3,(H,31,34)(H,35,36). The number of aromatic nitrogens is 1. The molecule has 0 spiro atoms. The van der Waals surface area contributed by atoms with Gasteiger partial charge in [0.2, 0.25) is 5.56 Å². The van der Waals surface area contributed by atoms with Gasteiger partial charge in [-0.2, -0.15) is 0 Å². The van der Waals surface area contributed by atoms with Crippen LogP contribution in [0.15, 0.2) is 59.4 Å². The maximum Gasteiger partial charge on any atom is 0.407 e. The van der Waals surface area contributed by atoms with E-state index in [0.29, 0.717) is 37.3 Å². The Bertz CT molecular complexity index is 1290. The van der Waals surface area contributed by atoms with Gasteiger partial charge in [-0.05, 0) is 60.7 Å². The van der Waals surface area contributed by atoms with Gasteiger partial charge >= 0.3 is 6.09 Å². The summed E-state index contributed by atoms with van der Waals surface area (Å²) in [7, 11) is -2.32. The molecule has 0 bridgehead atoms. The highest BCUT2D eigenvalue weighted by Gasteiger charge is 2.40. The van der Waals surface area contributed by atoms with Crippen molar-refractivity contribution in [2.24, 2.45) is 0 Å². The van der Waals surface area contributed by atoms with E-state index in [9.17, 15) is 14.7 Å². The maximum absolute atomic E-state index is 12.4. The van der Waals surface area contributed by atoms with Crippen molar-refractivity contribution < 1.29 is 24.2 Å². The first kappa shape index (κ1) is 30.4. The predicted molar refractivity (Wildman–Crippen MR) is 157 cm³/mol. The fraction of sp³-hybridized carbons (Fsp3) is 0.467. The molecule has 0 aliphatic rings. The van der Waals surface area contributed by atoms with Crippen LogP contribution >= 0.6 is 0 Å². The molecule has 3 aromatic rings. The Morgan fingerprint density at radius 1 is 1.03 bits per heavy atom. The van der Waals surface area contributed by atoms with Crippen molar-refractivity contribution in [2.75, 3.05) is 19.7 Å². The van der Waals surface area contributed by atoms with Crippen molar-refractivity contribution in [3.8, 4) is 5.75 Å². The number of aliphatic hydroxyl groups is 1. The van der Waals surface area contributed by atoms with Gasteiger partial charge in [0.25, 0.3) is 0 Å². The Balaban J connectivity index is 2.03. The monoisotopic (exact) mass is 554 g/mol. The van der Waals surface area contributed by atoms with Gasteiger partial charge in [0.05, 0.1) is 18.2 Å². The van der Waals surface area contributed by atoms with Gasteiger partial charge in [-0.3, -0.25) is 4.79 Å². The van der Waals surface area contributed by atoms with Crippen LogP contribution in [0, 0.1) is 0 Å². The van der Waals surface area contributed by atoms with Gasteiger partial charge in [0.1, 0.15) is 12.4 Å². The minimum absolute atomic E-state index is 0.0903. The number of H-pyrrole nitrogens is 1. The number of benzene rings is 2. The molecule has 0 radical (unpaired) electrons. The Hall–Kier alpha value is -3.14. The number of rotatable bonds is 13. The Labute approximate surface area is 231 Å². The van der Waals surface area contributed by atoms with Crippen LogP contribution in [0.2, 0.25) is 18.1 Å². The van der Waals surface area contributed by atoms with Crippen LogP contribution in [0.1, 0.15) is 57.3 Å². The summed E-state index contributed by atoms with van der Waals surface area (Å²) in [5, 5.41) is 19.8. The molecule has 3 rings (SSSR count). The Morgan fingerprint density at radius 3 is 2.38 bits per heavy atom. The molecule has 0 fully saturated rings. The third-order valence-corrected chi connectivity index (χ3v) is 11.9. The number of unbranched alkanes of at least 4 members (excludes halogenated alkanes) is 2. The van der Waals surface area contributed by atoms with Crippen LogP contribution in [-0.2, 0) is 11.0 Å². The highest BCUT2D eigenvalue weighted by atomic mass is 28.4. The number of hydrogen-bond donors (Lipinski definition) is 3. The number of amides is 1. The van der Waals surface area contributed by atoms with E-state index < -0.39 is 20.5 Å². The summed E-state index contributed by atoms with van der Waals surface area (Å²) < 4.78 is 13.0. The second kappa shape index (κ2) is 13.3. The van der Waals surface area contributed by atoms with Gasteiger partial charge in [0.15, 0.2) is 8.32 Å². The van der Waals surface area contributed by atoms with Gasteiger partial charge < -0.3 is 29.3 Å². The van der Waals surface area contributed by atoms with E-state index in [4.69, 9.17) is 14.3 Å². The lowest BCUT2D eigenvalue weighted by molar-refractivity contribution is 0.101. The number of carbonyl (C=O) groups is 1. The maximum atomic E-state index is 12.4. The van der Waals surface area contributed by atoms with Crippen LogP contribution < -0.4 is 10.3 Å². The molecule has 1 atom stereocenters. The number of ether oxygens (including phenoxy) is 1. The van der Waals surface area contributed by atoms with E-state index in [1.54, 1.807) is 6.07 Å². The van der Waals surface area contributed by atoms with E-state index in [1.165, 1.54) is 11.0 Å². The number of pyridine rings is 1. The van der Waals surface area contributed by atoms with Crippen LogP contribution in [0.5, 0.6) is 5.75 Å². The first-order chi connectivity index (χ1) is 18.4. The molecule has 2 aromatic carbocycles. The summed E-state index contributed by atoms with van der Waals surface area (Å²) in [5.74, 6) is 0.542. The number of fused-ring (bicyclic) bond motifs is 1. The van der Waals surface area contributed by atoms with Crippen LogP contribution in [-0.4, -0.2) is 54.2 Å². The number of carboxylic acid groups (broad SMARTS) is 1. The quantitative estimate of drug-likeness (QED) is 0.169. The largest absolute Gasteiger partial charge is 0.487 e. The number of nitrogens with zero attached hydrogens (tertiary/aromatic N) is 1.